The van der Waals surface area contributed by atoms with Crippen LogP contribution in [0.4, 0.5) is 4.39 Å². The van der Waals surface area contributed by atoms with E-state index in [9.17, 15) is 4.39 Å². The number of rotatable bonds is 4. The number of hydrogen-bond donors (Lipinski definition) is 2. The number of aryl methyl sites for hydroxylation is 1. The molecule has 130 valence electrons. The summed E-state index contributed by atoms with van der Waals surface area (Å²) in [4.78, 5) is 12.1. The van der Waals surface area contributed by atoms with E-state index >= 15 is 0 Å². The molecule has 4 rings (SSSR count). The van der Waals surface area contributed by atoms with Crippen molar-refractivity contribution >= 4 is 11.0 Å². The second kappa shape index (κ2) is 6.69. The van der Waals surface area contributed by atoms with E-state index < -0.39 is 0 Å². The number of halogens is 1. The first-order valence-corrected chi connectivity index (χ1v) is 8.51. The van der Waals surface area contributed by atoms with Crippen molar-refractivity contribution in [1.82, 2.24) is 15.0 Å². The number of aromatic amines is 1. The first kappa shape index (κ1) is 16.4. The maximum absolute atomic E-state index is 13.4. The number of aromatic nitrogens is 3. The lowest BCUT2D eigenvalue weighted by atomic mass is 10.1. The SMILES string of the molecule is Cc1cc(-c2ccc3nc([C@H](N)Cc4cccc(F)c4)[nH]c3c2)ccn1. The number of nitrogens with one attached hydrogen (secondary N) is 1. The summed E-state index contributed by atoms with van der Waals surface area (Å²) in [5.74, 6) is 0.448. The van der Waals surface area contributed by atoms with Crippen molar-refractivity contribution in [1.29, 1.82) is 0 Å². The van der Waals surface area contributed by atoms with Crippen molar-refractivity contribution in [3.8, 4) is 11.1 Å². The van der Waals surface area contributed by atoms with E-state index in [4.69, 9.17) is 5.73 Å². The molecule has 4 nitrogen and oxygen atoms in total. The van der Waals surface area contributed by atoms with Gasteiger partial charge in [0, 0.05) is 11.9 Å². The van der Waals surface area contributed by atoms with Crippen LogP contribution in [0.5, 0.6) is 0 Å². The van der Waals surface area contributed by atoms with Gasteiger partial charge in [0.15, 0.2) is 0 Å². The number of nitrogens with two attached hydrogens (primary N) is 1. The van der Waals surface area contributed by atoms with Gasteiger partial charge in [-0.1, -0.05) is 18.2 Å². The number of H-pyrrole nitrogens is 1. The number of pyridine rings is 1. The van der Waals surface area contributed by atoms with Crippen LogP contribution in [-0.2, 0) is 6.42 Å². The Hall–Kier alpha value is -3.05. The average Bonchev–Trinajstić information content (AvgIpc) is 3.05. The molecule has 0 saturated carbocycles. The Labute approximate surface area is 150 Å². The third kappa shape index (κ3) is 3.34. The van der Waals surface area contributed by atoms with Crippen molar-refractivity contribution in [2.75, 3.05) is 0 Å². The lowest BCUT2D eigenvalue weighted by Crippen LogP contribution is -2.15. The van der Waals surface area contributed by atoms with Gasteiger partial charge in [-0.05, 0) is 66.4 Å². The lowest BCUT2D eigenvalue weighted by molar-refractivity contribution is 0.619. The quantitative estimate of drug-likeness (QED) is 0.578. The molecule has 4 aromatic rings. The smallest absolute Gasteiger partial charge is 0.124 e. The van der Waals surface area contributed by atoms with Gasteiger partial charge in [0.2, 0.25) is 0 Å². The molecule has 0 fully saturated rings. The maximum Gasteiger partial charge on any atom is 0.124 e. The molecule has 3 N–H and O–H groups in total. The molecule has 0 aliphatic heterocycles. The van der Waals surface area contributed by atoms with Gasteiger partial charge in [0.1, 0.15) is 11.6 Å². The molecule has 2 aromatic carbocycles. The number of nitrogens with zero attached hydrogens (tertiary/aromatic N) is 2. The first-order chi connectivity index (χ1) is 12.6. The summed E-state index contributed by atoms with van der Waals surface area (Å²) in [6.07, 6.45) is 2.33. The van der Waals surface area contributed by atoms with E-state index in [-0.39, 0.29) is 11.9 Å². The largest absolute Gasteiger partial charge is 0.341 e. The van der Waals surface area contributed by atoms with Gasteiger partial charge in [-0.3, -0.25) is 4.98 Å². The molecule has 26 heavy (non-hydrogen) atoms. The molecule has 0 unspecified atom stereocenters. The van der Waals surface area contributed by atoms with Gasteiger partial charge < -0.3 is 10.7 Å². The van der Waals surface area contributed by atoms with E-state index in [1.54, 1.807) is 6.07 Å². The summed E-state index contributed by atoms with van der Waals surface area (Å²) in [6, 6.07) is 16.3. The van der Waals surface area contributed by atoms with Crippen LogP contribution in [0, 0.1) is 12.7 Å². The van der Waals surface area contributed by atoms with Gasteiger partial charge in [-0.15, -0.1) is 0 Å². The van der Waals surface area contributed by atoms with Gasteiger partial charge in [-0.25, -0.2) is 9.37 Å². The Kier molecular flexibility index (Phi) is 4.22. The van der Waals surface area contributed by atoms with Crippen LogP contribution in [0.15, 0.2) is 60.8 Å². The van der Waals surface area contributed by atoms with Crippen LogP contribution in [0.3, 0.4) is 0 Å². The van der Waals surface area contributed by atoms with E-state index in [0.29, 0.717) is 12.2 Å². The Morgan fingerprint density at radius 2 is 1.92 bits per heavy atom. The van der Waals surface area contributed by atoms with E-state index in [1.807, 2.05) is 43.5 Å². The second-order valence-electron chi connectivity index (χ2n) is 6.48. The van der Waals surface area contributed by atoms with Crippen molar-refractivity contribution in [2.45, 2.75) is 19.4 Å². The highest BCUT2D eigenvalue weighted by Crippen LogP contribution is 2.25. The van der Waals surface area contributed by atoms with Crippen LogP contribution in [0.1, 0.15) is 23.1 Å². The normalized spacial score (nSPS) is 12.4. The molecule has 0 aliphatic carbocycles. The molecule has 0 aliphatic rings. The van der Waals surface area contributed by atoms with Gasteiger partial charge in [0.25, 0.3) is 0 Å². The molecule has 0 saturated heterocycles. The minimum atomic E-state index is -0.323. The molecular formula is C21H19FN4. The summed E-state index contributed by atoms with van der Waals surface area (Å²) in [7, 11) is 0. The number of hydrogen-bond acceptors (Lipinski definition) is 3. The standard InChI is InChI=1S/C21H19FN4/c1-13-9-16(7-8-24-13)15-5-6-19-20(12-15)26-21(25-19)18(23)11-14-3-2-4-17(22)10-14/h2-10,12,18H,11,23H2,1H3,(H,25,26)/t18-/m1/s1. The summed E-state index contributed by atoms with van der Waals surface area (Å²) in [6.45, 7) is 1.97. The van der Waals surface area contributed by atoms with Crippen LogP contribution >= 0.6 is 0 Å². The highest BCUT2D eigenvalue weighted by Gasteiger charge is 2.13. The molecule has 2 aromatic heterocycles. The average molecular weight is 346 g/mol. The van der Waals surface area contributed by atoms with Gasteiger partial charge >= 0.3 is 0 Å². The molecule has 0 bridgehead atoms. The van der Waals surface area contributed by atoms with Crippen molar-refractivity contribution in [3.05, 3.63) is 83.7 Å². The number of fused-ring (bicyclic) bond motifs is 1. The fourth-order valence-corrected chi connectivity index (χ4v) is 3.12. The molecular weight excluding hydrogens is 327 g/mol. The minimum Gasteiger partial charge on any atom is -0.341 e. The summed E-state index contributed by atoms with van der Waals surface area (Å²) in [5.41, 5.74) is 12.1. The predicted octanol–water partition coefficient (Wildman–Crippen LogP) is 4.31. The van der Waals surface area contributed by atoms with Gasteiger partial charge in [-0.2, -0.15) is 0 Å². The summed E-state index contributed by atoms with van der Waals surface area (Å²) in [5, 5.41) is 0. The Morgan fingerprint density at radius 3 is 2.73 bits per heavy atom. The van der Waals surface area contributed by atoms with E-state index in [1.165, 1.54) is 12.1 Å². The summed E-state index contributed by atoms with van der Waals surface area (Å²) >= 11 is 0. The van der Waals surface area contributed by atoms with E-state index in [2.05, 4.69) is 21.0 Å². The molecule has 0 amide bonds. The predicted molar refractivity (Wildman–Crippen MR) is 101 cm³/mol. The Bertz CT molecular complexity index is 1070. The maximum atomic E-state index is 13.4. The molecule has 1 atom stereocenters. The fraction of sp³-hybridized carbons (Fsp3) is 0.143. The Balaban J connectivity index is 1.63. The highest BCUT2D eigenvalue weighted by molar-refractivity contribution is 5.82. The Morgan fingerprint density at radius 1 is 1.08 bits per heavy atom. The first-order valence-electron chi connectivity index (χ1n) is 8.51. The second-order valence-corrected chi connectivity index (χ2v) is 6.48. The van der Waals surface area contributed by atoms with E-state index in [0.717, 1.165) is 33.4 Å². The monoisotopic (exact) mass is 346 g/mol. The zero-order chi connectivity index (χ0) is 18.1. The third-order valence-electron chi connectivity index (χ3n) is 4.43. The number of benzene rings is 2. The fourth-order valence-electron chi connectivity index (χ4n) is 3.12. The third-order valence-corrected chi connectivity index (χ3v) is 4.43. The zero-order valence-electron chi connectivity index (χ0n) is 14.4. The van der Waals surface area contributed by atoms with Crippen molar-refractivity contribution in [2.24, 2.45) is 5.73 Å². The molecule has 0 spiro atoms. The summed E-state index contributed by atoms with van der Waals surface area (Å²) < 4.78 is 13.4. The zero-order valence-corrected chi connectivity index (χ0v) is 14.4. The molecule has 0 radical (unpaired) electrons. The van der Waals surface area contributed by atoms with Crippen LogP contribution in [-0.4, -0.2) is 15.0 Å². The topological polar surface area (TPSA) is 67.6 Å². The van der Waals surface area contributed by atoms with Crippen LogP contribution < -0.4 is 5.73 Å². The van der Waals surface area contributed by atoms with Crippen LogP contribution in [0.2, 0.25) is 0 Å². The lowest BCUT2D eigenvalue weighted by Gasteiger charge is -2.08. The van der Waals surface area contributed by atoms with Crippen molar-refractivity contribution in [3.63, 3.8) is 0 Å². The minimum absolute atomic E-state index is 0.253. The molecule has 5 heteroatoms. The number of imidazole rings is 1. The molecule has 2 heterocycles. The van der Waals surface area contributed by atoms with Crippen LogP contribution in [0.25, 0.3) is 22.2 Å². The van der Waals surface area contributed by atoms with Gasteiger partial charge in [0.05, 0.1) is 17.1 Å². The highest BCUT2D eigenvalue weighted by atomic mass is 19.1. The van der Waals surface area contributed by atoms with Crippen molar-refractivity contribution < 1.29 is 4.39 Å².